The van der Waals surface area contributed by atoms with E-state index in [1.165, 1.54) is 0 Å². The Labute approximate surface area is 222 Å². The molecule has 2 aliphatic heterocycles. The molecule has 6 rings (SSSR count). The molecular formula is C31H34N4O3. The van der Waals surface area contributed by atoms with Gasteiger partial charge in [-0.2, -0.15) is 0 Å². The minimum absolute atomic E-state index is 0.00398. The van der Waals surface area contributed by atoms with E-state index < -0.39 is 0 Å². The molecule has 0 bridgehead atoms. The number of hydrogen-bond acceptors (Lipinski definition) is 3. The second-order valence-corrected chi connectivity index (χ2v) is 10.9. The summed E-state index contributed by atoms with van der Waals surface area (Å²) in [6.45, 7) is 2.24. The highest BCUT2D eigenvalue weighted by Crippen LogP contribution is 2.29. The van der Waals surface area contributed by atoms with E-state index in [0.717, 1.165) is 47.5 Å². The lowest BCUT2D eigenvalue weighted by atomic mass is 9.82. The van der Waals surface area contributed by atoms with Crippen LogP contribution in [0.15, 0.2) is 60.9 Å². The van der Waals surface area contributed by atoms with Crippen molar-refractivity contribution < 1.29 is 14.4 Å². The van der Waals surface area contributed by atoms with E-state index in [1.54, 1.807) is 0 Å². The minimum atomic E-state index is -0.180. The molecule has 0 saturated carbocycles. The van der Waals surface area contributed by atoms with Gasteiger partial charge in [-0.15, -0.1) is 0 Å². The van der Waals surface area contributed by atoms with Crippen LogP contribution in [0, 0.1) is 11.8 Å². The number of likely N-dealkylation sites (tertiary alicyclic amines) is 2. The molecule has 0 radical (unpaired) electrons. The highest BCUT2D eigenvalue weighted by Gasteiger charge is 2.36. The largest absolute Gasteiger partial charge is 0.351 e. The molecule has 4 heterocycles. The number of ketones is 1. The number of piperidine rings is 2. The molecule has 2 aliphatic rings. The van der Waals surface area contributed by atoms with Crippen molar-refractivity contribution in [3.63, 3.8) is 0 Å². The first kappa shape index (κ1) is 24.5. The van der Waals surface area contributed by atoms with E-state index in [-0.39, 0.29) is 29.4 Å². The zero-order valence-corrected chi connectivity index (χ0v) is 22.1. The molecule has 4 aromatic rings. The van der Waals surface area contributed by atoms with Crippen LogP contribution in [-0.4, -0.2) is 62.7 Å². The number of amides is 2. The van der Waals surface area contributed by atoms with Crippen LogP contribution in [0.5, 0.6) is 0 Å². The number of Topliss-reactive ketones (excluding diaryl/α,β-unsaturated/α-hetero) is 1. The molecule has 2 atom stereocenters. The first-order valence-corrected chi connectivity index (χ1v) is 13.6. The molecule has 38 heavy (non-hydrogen) atoms. The quantitative estimate of drug-likeness (QED) is 0.402. The van der Waals surface area contributed by atoms with Gasteiger partial charge in [-0.05, 0) is 62.1 Å². The average Bonchev–Trinajstić information content (AvgIpc) is 3.54. The fraction of sp³-hybridized carbons (Fsp3) is 0.387. The number of fused-ring (bicyclic) bond motifs is 2. The van der Waals surface area contributed by atoms with Gasteiger partial charge < -0.3 is 18.9 Å². The van der Waals surface area contributed by atoms with Crippen molar-refractivity contribution >= 4 is 39.4 Å². The standard InChI is InChI=1S/C31H34N4O3/c1-32-17-13-23-25(9-3-11-27(23)32)30(37)34-15-5-7-21(19-34)29(36)22-8-6-16-35(20-22)31(38)26-10-4-12-28-24(26)14-18-33(28)2/h3-4,9-14,17-18,21-22H,5-8,15-16,19-20H2,1-2H3. The number of aryl methyl sites for hydroxylation is 2. The lowest BCUT2D eigenvalue weighted by molar-refractivity contribution is -0.129. The van der Waals surface area contributed by atoms with Crippen molar-refractivity contribution in [2.45, 2.75) is 25.7 Å². The fourth-order valence-corrected chi connectivity index (χ4v) is 6.44. The molecule has 2 unspecified atom stereocenters. The Bertz CT molecular complexity index is 1430. The van der Waals surface area contributed by atoms with Crippen molar-refractivity contribution in [3.05, 3.63) is 72.1 Å². The van der Waals surface area contributed by atoms with Gasteiger partial charge >= 0.3 is 0 Å². The number of nitrogens with zero attached hydrogens (tertiary/aromatic N) is 4. The predicted molar refractivity (Wildman–Crippen MR) is 148 cm³/mol. The van der Waals surface area contributed by atoms with Gasteiger partial charge in [0.2, 0.25) is 0 Å². The second-order valence-electron chi connectivity index (χ2n) is 10.9. The van der Waals surface area contributed by atoms with Crippen LogP contribution in [-0.2, 0) is 18.9 Å². The summed E-state index contributed by atoms with van der Waals surface area (Å²) in [4.78, 5) is 44.5. The van der Waals surface area contributed by atoms with E-state index in [4.69, 9.17) is 0 Å². The fourth-order valence-electron chi connectivity index (χ4n) is 6.44. The van der Waals surface area contributed by atoms with Crippen LogP contribution in [0.1, 0.15) is 46.4 Å². The van der Waals surface area contributed by atoms with E-state index in [9.17, 15) is 14.4 Å². The van der Waals surface area contributed by atoms with Crippen molar-refractivity contribution in [2.24, 2.45) is 25.9 Å². The van der Waals surface area contributed by atoms with Gasteiger partial charge in [0.1, 0.15) is 5.78 Å². The number of rotatable bonds is 4. The Morgan fingerprint density at radius 2 is 1.11 bits per heavy atom. The molecule has 2 saturated heterocycles. The monoisotopic (exact) mass is 510 g/mol. The third-order valence-electron chi connectivity index (χ3n) is 8.54. The highest BCUT2D eigenvalue weighted by atomic mass is 16.2. The predicted octanol–water partition coefficient (Wildman–Crippen LogP) is 4.64. The Balaban J connectivity index is 1.16. The van der Waals surface area contributed by atoms with E-state index in [1.807, 2.05) is 94.0 Å². The number of aromatic nitrogens is 2. The van der Waals surface area contributed by atoms with Gasteiger partial charge in [-0.25, -0.2) is 0 Å². The van der Waals surface area contributed by atoms with Gasteiger partial charge in [0.25, 0.3) is 11.8 Å². The van der Waals surface area contributed by atoms with Crippen LogP contribution in [0.4, 0.5) is 0 Å². The highest BCUT2D eigenvalue weighted by molar-refractivity contribution is 6.07. The van der Waals surface area contributed by atoms with Gasteiger partial charge in [-0.1, -0.05) is 12.1 Å². The van der Waals surface area contributed by atoms with Crippen molar-refractivity contribution in [2.75, 3.05) is 26.2 Å². The van der Waals surface area contributed by atoms with E-state index in [2.05, 4.69) is 0 Å². The van der Waals surface area contributed by atoms with Crippen LogP contribution < -0.4 is 0 Å². The molecule has 196 valence electrons. The summed E-state index contributed by atoms with van der Waals surface area (Å²) in [5.41, 5.74) is 3.44. The Morgan fingerprint density at radius 1 is 0.658 bits per heavy atom. The summed E-state index contributed by atoms with van der Waals surface area (Å²) >= 11 is 0. The number of carbonyl (C=O) groups excluding carboxylic acids is 3. The molecule has 0 spiro atoms. The van der Waals surface area contributed by atoms with Crippen molar-refractivity contribution in [1.82, 2.24) is 18.9 Å². The summed E-state index contributed by atoms with van der Waals surface area (Å²) in [6.07, 6.45) is 7.17. The summed E-state index contributed by atoms with van der Waals surface area (Å²) in [5.74, 6) is -0.164. The topological polar surface area (TPSA) is 67.6 Å². The number of hydrogen-bond donors (Lipinski definition) is 0. The van der Waals surface area contributed by atoms with Crippen LogP contribution >= 0.6 is 0 Å². The maximum atomic E-state index is 13.7. The summed E-state index contributed by atoms with van der Waals surface area (Å²) in [5, 5.41) is 1.90. The van der Waals surface area contributed by atoms with E-state index >= 15 is 0 Å². The summed E-state index contributed by atoms with van der Waals surface area (Å²) < 4.78 is 4.03. The molecule has 0 aliphatic carbocycles. The SMILES string of the molecule is Cn1ccc2c(C(=O)N3CCCC(C(=O)C4CCCN(C(=O)c5cccc6c5ccn6C)C4)C3)cccc21. The molecule has 0 N–H and O–H groups in total. The number of benzene rings is 2. The summed E-state index contributed by atoms with van der Waals surface area (Å²) in [7, 11) is 3.95. The summed E-state index contributed by atoms with van der Waals surface area (Å²) in [6, 6.07) is 15.6. The lowest BCUT2D eigenvalue weighted by Crippen LogP contribution is -2.47. The Hall–Kier alpha value is -3.87. The molecule has 7 nitrogen and oxygen atoms in total. The molecule has 7 heteroatoms. The normalized spacial score (nSPS) is 20.3. The van der Waals surface area contributed by atoms with Crippen molar-refractivity contribution in [1.29, 1.82) is 0 Å². The van der Waals surface area contributed by atoms with Gasteiger partial charge in [-0.3, -0.25) is 14.4 Å². The molecule has 2 aromatic heterocycles. The van der Waals surface area contributed by atoms with Gasteiger partial charge in [0, 0.05) is 97.4 Å². The molecular weight excluding hydrogens is 476 g/mol. The first-order valence-electron chi connectivity index (χ1n) is 13.6. The van der Waals surface area contributed by atoms with E-state index in [0.29, 0.717) is 37.3 Å². The maximum Gasteiger partial charge on any atom is 0.254 e. The maximum absolute atomic E-state index is 13.7. The van der Waals surface area contributed by atoms with Crippen LogP contribution in [0.25, 0.3) is 21.8 Å². The van der Waals surface area contributed by atoms with Crippen LogP contribution in [0.3, 0.4) is 0 Å². The first-order chi connectivity index (χ1) is 18.4. The van der Waals surface area contributed by atoms with Crippen LogP contribution in [0.2, 0.25) is 0 Å². The zero-order chi connectivity index (χ0) is 26.4. The van der Waals surface area contributed by atoms with Crippen molar-refractivity contribution in [3.8, 4) is 0 Å². The second kappa shape index (κ2) is 9.78. The Kier molecular flexibility index (Phi) is 6.30. The van der Waals surface area contributed by atoms with Gasteiger partial charge in [0.05, 0.1) is 0 Å². The number of carbonyl (C=O) groups is 3. The molecule has 2 fully saturated rings. The average molecular weight is 511 g/mol. The third kappa shape index (κ3) is 4.20. The minimum Gasteiger partial charge on any atom is -0.351 e. The van der Waals surface area contributed by atoms with Gasteiger partial charge in [0.15, 0.2) is 0 Å². The smallest absolute Gasteiger partial charge is 0.254 e. The third-order valence-corrected chi connectivity index (χ3v) is 8.54. The molecule has 2 amide bonds. The zero-order valence-electron chi connectivity index (χ0n) is 22.1. The molecule has 2 aromatic carbocycles. The lowest BCUT2D eigenvalue weighted by Gasteiger charge is -2.37. The Morgan fingerprint density at radius 3 is 1.55 bits per heavy atom.